The highest BCUT2D eigenvalue weighted by molar-refractivity contribution is 7.20. The topological polar surface area (TPSA) is 40.5 Å². The summed E-state index contributed by atoms with van der Waals surface area (Å²) in [6.45, 7) is 2.22. The van der Waals surface area contributed by atoms with Crippen LogP contribution in [-0.4, -0.2) is 17.2 Å². The summed E-state index contributed by atoms with van der Waals surface area (Å²) < 4.78 is 0.651. The van der Waals surface area contributed by atoms with Crippen LogP contribution in [0.2, 0.25) is 0 Å². The first-order chi connectivity index (χ1) is 7.24. The van der Waals surface area contributed by atoms with Gasteiger partial charge in [0.1, 0.15) is 0 Å². The van der Waals surface area contributed by atoms with Gasteiger partial charge in [0.2, 0.25) is 0 Å². The third kappa shape index (κ3) is 4.82. The maximum atomic E-state index is 8.94. The van der Waals surface area contributed by atoms with Crippen molar-refractivity contribution in [1.29, 1.82) is 0 Å². The Morgan fingerprint density at radius 2 is 1.93 bits per heavy atom. The van der Waals surface area contributed by atoms with E-state index in [0.717, 1.165) is 6.42 Å². The van der Waals surface area contributed by atoms with E-state index in [0.29, 0.717) is 4.78 Å². The first kappa shape index (κ1) is 12.8. The van der Waals surface area contributed by atoms with Crippen LogP contribution in [0.4, 0.5) is 0 Å². The summed E-state index contributed by atoms with van der Waals surface area (Å²) >= 11 is 1.43. The lowest BCUT2D eigenvalue weighted by Crippen LogP contribution is -2.26. The molecule has 0 fully saturated rings. The van der Waals surface area contributed by atoms with Crippen LogP contribution in [-0.2, 0) is 6.42 Å². The first-order valence-corrected chi connectivity index (χ1v) is 6.55. The zero-order valence-electron chi connectivity index (χ0n) is 9.28. The molecule has 0 saturated heterocycles. The zero-order chi connectivity index (χ0) is 11.1. The molecule has 0 aromatic carbocycles. The molecular formula is C11H19BO2S. The molecule has 0 aliphatic rings. The van der Waals surface area contributed by atoms with Gasteiger partial charge in [0.05, 0.1) is 0 Å². The molecule has 2 nitrogen and oxygen atoms in total. The molecule has 1 heterocycles. The van der Waals surface area contributed by atoms with Crippen LogP contribution in [0.25, 0.3) is 0 Å². The highest BCUT2D eigenvalue weighted by atomic mass is 32.1. The van der Waals surface area contributed by atoms with E-state index in [1.165, 1.54) is 49.0 Å². The molecule has 0 spiro atoms. The second-order valence-corrected chi connectivity index (χ2v) is 4.84. The van der Waals surface area contributed by atoms with Gasteiger partial charge in [0, 0.05) is 4.78 Å². The molecule has 0 aliphatic heterocycles. The van der Waals surface area contributed by atoms with Crippen molar-refractivity contribution in [2.45, 2.75) is 45.4 Å². The Labute approximate surface area is 96.1 Å². The minimum Gasteiger partial charge on any atom is -0.423 e. The summed E-state index contributed by atoms with van der Waals surface area (Å²) in [7, 11) is -1.30. The van der Waals surface area contributed by atoms with Crippen LogP contribution < -0.4 is 4.78 Å². The van der Waals surface area contributed by atoms with Crippen molar-refractivity contribution < 1.29 is 10.0 Å². The highest BCUT2D eigenvalue weighted by Gasteiger charge is 2.13. The second kappa shape index (κ2) is 7.04. The molecule has 84 valence electrons. The molecule has 0 bridgehead atoms. The van der Waals surface area contributed by atoms with Gasteiger partial charge in [-0.05, 0) is 29.9 Å². The Balaban J connectivity index is 2.20. The smallest absolute Gasteiger partial charge is 0.423 e. The van der Waals surface area contributed by atoms with Crippen LogP contribution in [0, 0.1) is 0 Å². The van der Waals surface area contributed by atoms with Crippen LogP contribution in [0.3, 0.4) is 0 Å². The number of unbranched alkanes of at least 4 members (excludes halogenated alkanes) is 4. The highest BCUT2D eigenvalue weighted by Crippen LogP contribution is 2.11. The van der Waals surface area contributed by atoms with E-state index in [-0.39, 0.29) is 0 Å². The Bertz CT molecular complexity index is 273. The Morgan fingerprint density at radius 3 is 2.53 bits per heavy atom. The maximum Gasteiger partial charge on any atom is 0.499 e. The molecule has 0 radical (unpaired) electrons. The third-order valence-corrected chi connectivity index (χ3v) is 3.52. The van der Waals surface area contributed by atoms with Gasteiger partial charge < -0.3 is 10.0 Å². The van der Waals surface area contributed by atoms with Crippen LogP contribution in [0.5, 0.6) is 0 Å². The minimum absolute atomic E-state index is 0.651. The maximum absolute atomic E-state index is 8.94. The number of hydrogen-bond donors (Lipinski definition) is 2. The molecule has 2 N–H and O–H groups in total. The number of hydrogen-bond acceptors (Lipinski definition) is 3. The van der Waals surface area contributed by atoms with Crippen molar-refractivity contribution in [2.24, 2.45) is 0 Å². The monoisotopic (exact) mass is 226 g/mol. The number of rotatable bonds is 7. The lowest BCUT2D eigenvalue weighted by molar-refractivity contribution is 0.427. The molecule has 4 heteroatoms. The lowest BCUT2D eigenvalue weighted by Gasteiger charge is -1.98. The summed E-state index contributed by atoms with van der Waals surface area (Å²) in [6.07, 6.45) is 7.46. The van der Waals surface area contributed by atoms with Crippen molar-refractivity contribution in [3.8, 4) is 0 Å². The fraction of sp³-hybridized carbons (Fsp3) is 0.636. The summed E-state index contributed by atoms with van der Waals surface area (Å²) in [5.74, 6) is 0. The molecule has 1 rings (SSSR count). The van der Waals surface area contributed by atoms with Gasteiger partial charge in [-0.15, -0.1) is 0 Å². The third-order valence-electron chi connectivity index (χ3n) is 2.50. The summed E-state index contributed by atoms with van der Waals surface area (Å²) in [5.41, 5.74) is 1.24. The first-order valence-electron chi connectivity index (χ1n) is 5.67. The fourth-order valence-electron chi connectivity index (χ4n) is 1.59. The largest absolute Gasteiger partial charge is 0.499 e. The minimum atomic E-state index is -1.30. The van der Waals surface area contributed by atoms with Gasteiger partial charge in [0.15, 0.2) is 0 Å². The van der Waals surface area contributed by atoms with E-state index in [9.17, 15) is 0 Å². The van der Waals surface area contributed by atoms with Gasteiger partial charge in [-0.1, -0.05) is 32.6 Å². The fourth-order valence-corrected chi connectivity index (χ4v) is 2.41. The van der Waals surface area contributed by atoms with Crippen molar-refractivity contribution in [3.63, 3.8) is 0 Å². The average molecular weight is 226 g/mol. The normalized spacial score (nSPS) is 10.6. The quantitative estimate of drug-likeness (QED) is 0.551. The summed E-state index contributed by atoms with van der Waals surface area (Å²) in [4.78, 5) is 0. The van der Waals surface area contributed by atoms with Gasteiger partial charge in [0.25, 0.3) is 0 Å². The predicted molar refractivity (Wildman–Crippen MR) is 66.6 cm³/mol. The molecule has 1 aromatic heterocycles. The van der Waals surface area contributed by atoms with Crippen LogP contribution in [0.15, 0.2) is 11.4 Å². The summed E-state index contributed by atoms with van der Waals surface area (Å²) in [6, 6.07) is 1.90. The van der Waals surface area contributed by atoms with Crippen molar-refractivity contribution in [1.82, 2.24) is 0 Å². The lowest BCUT2D eigenvalue weighted by atomic mass is 9.89. The molecule has 15 heavy (non-hydrogen) atoms. The Hall–Kier alpha value is -0.315. The average Bonchev–Trinajstić information content (AvgIpc) is 2.66. The number of thiophene rings is 1. The molecule has 0 unspecified atom stereocenters. The van der Waals surface area contributed by atoms with E-state index in [4.69, 9.17) is 10.0 Å². The predicted octanol–water partition coefficient (Wildman–Crippen LogP) is 1.94. The van der Waals surface area contributed by atoms with Crippen molar-refractivity contribution in [2.75, 3.05) is 0 Å². The van der Waals surface area contributed by atoms with Crippen molar-refractivity contribution >= 4 is 23.2 Å². The molecule has 0 saturated carbocycles. The standard InChI is InChI=1S/C11H19BO2S/c1-2-3-4-5-6-7-10-8-11(12(13)14)15-9-10/h8-9,13-14H,2-7H2,1H3. The summed E-state index contributed by atoms with van der Waals surface area (Å²) in [5, 5.41) is 19.9. The van der Waals surface area contributed by atoms with E-state index in [1.54, 1.807) is 0 Å². The van der Waals surface area contributed by atoms with Crippen LogP contribution >= 0.6 is 11.3 Å². The second-order valence-electron chi connectivity index (χ2n) is 3.90. The molecule has 1 aromatic rings. The molecule has 0 aliphatic carbocycles. The van der Waals surface area contributed by atoms with Gasteiger partial charge >= 0.3 is 7.12 Å². The van der Waals surface area contributed by atoms with Crippen molar-refractivity contribution in [3.05, 3.63) is 17.0 Å². The van der Waals surface area contributed by atoms with Gasteiger partial charge in [-0.3, -0.25) is 0 Å². The zero-order valence-corrected chi connectivity index (χ0v) is 10.1. The Kier molecular flexibility index (Phi) is 5.99. The molecule has 0 amide bonds. The van der Waals surface area contributed by atoms with Gasteiger partial charge in [-0.25, -0.2) is 0 Å². The van der Waals surface area contributed by atoms with E-state index < -0.39 is 7.12 Å². The SMILES string of the molecule is CCCCCCCc1csc(B(O)O)c1. The number of aryl methyl sites for hydroxylation is 1. The van der Waals surface area contributed by atoms with E-state index in [2.05, 4.69) is 6.92 Å². The van der Waals surface area contributed by atoms with Crippen LogP contribution in [0.1, 0.15) is 44.6 Å². The van der Waals surface area contributed by atoms with E-state index >= 15 is 0 Å². The van der Waals surface area contributed by atoms with E-state index in [1.807, 2.05) is 11.4 Å². The van der Waals surface area contributed by atoms with Gasteiger partial charge in [-0.2, -0.15) is 11.3 Å². The molecular weight excluding hydrogens is 207 g/mol. The Morgan fingerprint density at radius 1 is 1.20 bits per heavy atom. The molecule has 0 atom stereocenters.